The van der Waals surface area contributed by atoms with Crippen LogP contribution in [0.1, 0.15) is 44.2 Å². The summed E-state index contributed by atoms with van der Waals surface area (Å²) in [5.41, 5.74) is 1.76. The predicted molar refractivity (Wildman–Crippen MR) is 73.0 cm³/mol. The SMILES string of the molecule is CCCCOCc1cc(CNCCC)ccc1F. The maximum absolute atomic E-state index is 13.6. The molecule has 0 aliphatic heterocycles. The first-order valence-electron chi connectivity index (χ1n) is 6.83. The van der Waals surface area contributed by atoms with Gasteiger partial charge in [-0.15, -0.1) is 0 Å². The average molecular weight is 253 g/mol. The van der Waals surface area contributed by atoms with E-state index in [1.54, 1.807) is 0 Å². The molecule has 1 aromatic rings. The molecule has 0 unspecified atom stereocenters. The third-order valence-electron chi connectivity index (χ3n) is 2.77. The molecule has 0 saturated carbocycles. The van der Waals surface area contributed by atoms with Crippen molar-refractivity contribution in [3.63, 3.8) is 0 Å². The monoisotopic (exact) mass is 253 g/mol. The quantitative estimate of drug-likeness (QED) is 0.678. The minimum absolute atomic E-state index is 0.175. The smallest absolute Gasteiger partial charge is 0.128 e. The van der Waals surface area contributed by atoms with Crippen molar-refractivity contribution in [2.75, 3.05) is 13.2 Å². The highest BCUT2D eigenvalue weighted by Gasteiger charge is 2.03. The Hall–Kier alpha value is -0.930. The fourth-order valence-corrected chi connectivity index (χ4v) is 1.69. The number of hydrogen-bond acceptors (Lipinski definition) is 2. The van der Waals surface area contributed by atoms with Gasteiger partial charge in [0, 0.05) is 18.7 Å². The second-order valence-electron chi connectivity index (χ2n) is 4.51. The van der Waals surface area contributed by atoms with Gasteiger partial charge in [-0.3, -0.25) is 0 Å². The fraction of sp³-hybridized carbons (Fsp3) is 0.600. The molecule has 1 N–H and O–H groups in total. The van der Waals surface area contributed by atoms with Crippen LogP contribution in [0, 0.1) is 5.82 Å². The molecule has 0 aliphatic rings. The molecule has 2 nitrogen and oxygen atoms in total. The summed E-state index contributed by atoms with van der Waals surface area (Å²) in [4.78, 5) is 0. The Labute approximate surface area is 110 Å². The number of halogens is 1. The minimum Gasteiger partial charge on any atom is -0.377 e. The normalized spacial score (nSPS) is 10.8. The molecule has 3 heteroatoms. The Kier molecular flexibility index (Phi) is 7.62. The highest BCUT2D eigenvalue weighted by atomic mass is 19.1. The summed E-state index contributed by atoms with van der Waals surface area (Å²) in [6.07, 6.45) is 3.23. The molecule has 1 aromatic carbocycles. The summed E-state index contributed by atoms with van der Waals surface area (Å²) in [5.74, 6) is -0.175. The first kappa shape index (κ1) is 15.1. The number of nitrogens with one attached hydrogen (secondary N) is 1. The van der Waals surface area contributed by atoms with Crippen LogP contribution in [0.25, 0.3) is 0 Å². The van der Waals surface area contributed by atoms with E-state index >= 15 is 0 Å². The minimum atomic E-state index is -0.175. The van der Waals surface area contributed by atoms with Crippen LogP contribution >= 0.6 is 0 Å². The zero-order valence-corrected chi connectivity index (χ0v) is 11.5. The van der Waals surface area contributed by atoms with Gasteiger partial charge in [0.1, 0.15) is 5.82 Å². The Bertz CT molecular complexity index is 341. The highest BCUT2D eigenvalue weighted by molar-refractivity contribution is 5.24. The van der Waals surface area contributed by atoms with Gasteiger partial charge in [-0.05, 0) is 37.1 Å². The van der Waals surface area contributed by atoms with Crippen LogP contribution < -0.4 is 5.32 Å². The van der Waals surface area contributed by atoms with Crippen LogP contribution in [0.3, 0.4) is 0 Å². The predicted octanol–water partition coefficient (Wildman–Crippen LogP) is 3.64. The number of rotatable bonds is 9. The lowest BCUT2D eigenvalue weighted by atomic mass is 10.1. The first-order valence-corrected chi connectivity index (χ1v) is 6.83. The fourth-order valence-electron chi connectivity index (χ4n) is 1.69. The van der Waals surface area contributed by atoms with Crippen molar-refractivity contribution in [1.29, 1.82) is 0 Å². The summed E-state index contributed by atoms with van der Waals surface area (Å²) in [5, 5.41) is 3.31. The van der Waals surface area contributed by atoms with Crippen molar-refractivity contribution in [3.05, 3.63) is 35.1 Å². The van der Waals surface area contributed by atoms with Crippen molar-refractivity contribution in [3.8, 4) is 0 Å². The Morgan fingerprint density at radius 2 is 2.06 bits per heavy atom. The Morgan fingerprint density at radius 1 is 1.22 bits per heavy atom. The van der Waals surface area contributed by atoms with E-state index in [9.17, 15) is 4.39 Å². The van der Waals surface area contributed by atoms with Crippen molar-refractivity contribution in [2.24, 2.45) is 0 Å². The molecule has 0 saturated heterocycles. The van der Waals surface area contributed by atoms with Gasteiger partial charge >= 0.3 is 0 Å². The van der Waals surface area contributed by atoms with Gasteiger partial charge in [-0.1, -0.05) is 26.3 Å². The van der Waals surface area contributed by atoms with Crippen LogP contribution in [0.15, 0.2) is 18.2 Å². The van der Waals surface area contributed by atoms with Gasteiger partial charge in [0.2, 0.25) is 0 Å². The molecule has 0 heterocycles. The molecule has 0 atom stereocenters. The summed E-state index contributed by atoms with van der Waals surface area (Å²) < 4.78 is 19.0. The summed E-state index contributed by atoms with van der Waals surface area (Å²) >= 11 is 0. The van der Waals surface area contributed by atoms with Gasteiger partial charge in [-0.25, -0.2) is 4.39 Å². The molecule has 0 bridgehead atoms. The number of benzene rings is 1. The topological polar surface area (TPSA) is 21.3 Å². The van der Waals surface area contributed by atoms with E-state index in [1.165, 1.54) is 6.07 Å². The maximum Gasteiger partial charge on any atom is 0.128 e. The molecule has 0 aromatic heterocycles. The maximum atomic E-state index is 13.6. The van der Waals surface area contributed by atoms with Crippen molar-refractivity contribution >= 4 is 0 Å². The van der Waals surface area contributed by atoms with Gasteiger partial charge < -0.3 is 10.1 Å². The molecule has 0 radical (unpaired) electrons. The number of hydrogen-bond donors (Lipinski definition) is 1. The molecule has 18 heavy (non-hydrogen) atoms. The molecule has 0 amide bonds. The van der Waals surface area contributed by atoms with E-state index < -0.39 is 0 Å². The van der Waals surface area contributed by atoms with Gasteiger partial charge in [0.15, 0.2) is 0 Å². The molecular formula is C15H24FNO. The van der Waals surface area contributed by atoms with E-state index in [0.717, 1.165) is 37.9 Å². The molecule has 1 rings (SSSR count). The summed E-state index contributed by atoms with van der Waals surface area (Å²) in [6.45, 7) is 7.09. The Balaban J connectivity index is 2.46. The van der Waals surface area contributed by atoms with Crippen LogP contribution in [0.2, 0.25) is 0 Å². The van der Waals surface area contributed by atoms with E-state index in [0.29, 0.717) is 18.8 Å². The van der Waals surface area contributed by atoms with Crippen LogP contribution in [0.5, 0.6) is 0 Å². The lowest BCUT2D eigenvalue weighted by Gasteiger charge is -2.08. The van der Waals surface area contributed by atoms with Gasteiger partial charge in [0.05, 0.1) is 6.61 Å². The summed E-state index contributed by atoms with van der Waals surface area (Å²) in [7, 11) is 0. The Morgan fingerprint density at radius 3 is 2.78 bits per heavy atom. The highest BCUT2D eigenvalue weighted by Crippen LogP contribution is 2.12. The van der Waals surface area contributed by atoms with Crippen molar-refractivity contribution < 1.29 is 9.13 Å². The van der Waals surface area contributed by atoms with Crippen molar-refractivity contribution in [2.45, 2.75) is 46.3 Å². The first-order chi connectivity index (χ1) is 8.77. The zero-order valence-electron chi connectivity index (χ0n) is 11.5. The molecule has 102 valence electrons. The average Bonchev–Trinajstić information content (AvgIpc) is 2.38. The van der Waals surface area contributed by atoms with E-state index in [2.05, 4.69) is 19.2 Å². The number of ether oxygens (including phenoxy) is 1. The van der Waals surface area contributed by atoms with Gasteiger partial charge in [0.25, 0.3) is 0 Å². The summed E-state index contributed by atoms with van der Waals surface area (Å²) in [6, 6.07) is 5.25. The van der Waals surface area contributed by atoms with Crippen LogP contribution in [0.4, 0.5) is 4.39 Å². The third-order valence-corrected chi connectivity index (χ3v) is 2.77. The second kappa shape index (κ2) is 9.06. The van der Waals surface area contributed by atoms with Crippen molar-refractivity contribution in [1.82, 2.24) is 5.32 Å². The lowest BCUT2D eigenvalue weighted by molar-refractivity contribution is 0.115. The largest absolute Gasteiger partial charge is 0.377 e. The standard InChI is InChI=1S/C15H24FNO/c1-3-5-9-18-12-14-10-13(6-7-15(14)16)11-17-8-4-2/h6-7,10,17H,3-5,8-9,11-12H2,1-2H3. The zero-order chi connectivity index (χ0) is 13.2. The molecule has 0 spiro atoms. The van der Waals surface area contributed by atoms with Crippen LogP contribution in [-0.2, 0) is 17.9 Å². The lowest BCUT2D eigenvalue weighted by Crippen LogP contribution is -2.14. The third kappa shape index (κ3) is 5.61. The second-order valence-corrected chi connectivity index (χ2v) is 4.51. The number of unbranched alkanes of at least 4 members (excludes halogenated alkanes) is 1. The molecule has 0 fully saturated rings. The molecule has 0 aliphatic carbocycles. The van der Waals surface area contributed by atoms with Crippen LogP contribution in [-0.4, -0.2) is 13.2 Å². The van der Waals surface area contributed by atoms with E-state index in [-0.39, 0.29) is 5.82 Å². The van der Waals surface area contributed by atoms with E-state index in [1.807, 2.05) is 12.1 Å². The molecular weight excluding hydrogens is 229 g/mol. The van der Waals surface area contributed by atoms with Gasteiger partial charge in [-0.2, -0.15) is 0 Å². The van der Waals surface area contributed by atoms with E-state index in [4.69, 9.17) is 4.74 Å².